The Morgan fingerprint density at radius 2 is 1.94 bits per heavy atom. The Bertz CT molecular complexity index is 374. The highest BCUT2D eigenvalue weighted by Crippen LogP contribution is 2.11. The molecule has 18 heavy (non-hydrogen) atoms. The number of nitrogens with zero attached hydrogens (tertiary/aromatic N) is 1. The summed E-state index contributed by atoms with van der Waals surface area (Å²) in [5.41, 5.74) is 7.45. The number of ether oxygens (including phenoxy) is 1. The molecule has 4 nitrogen and oxygen atoms in total. The maximum Gasteiger partial charge on any atom is 0.249 e. The van der Waals surface area contributed by atoms with E-state index in [0.29, 0.717) is 13.2 Å². The van der Waals surface area contributed by atoms with E-state index in [2.05, 4.69) is 0 Å². The molecule has 100 valence electrons. The molecular weight excluding hydrogens is 228 g/mol. The van der Waals surface area contributed by atoms with Crippen LogP contribution in [0.4, 0.5) is 5.69 Å². The number of benzene rings is 1. The molecular formula is C14H22N2O2. The van der Waals surface area contributed by atoms with Gasteiger partial charge in [0, 0.05) is 24.9 Å². The van der Waals surface area contributed by atoms with E-state index in [1.807, 2.05) is 45.0 Å². The van der Waals surface area contributed by atoms with Crippen molar-refractivity contribution < 1.29 is 9.53 Å². The summed E-state index contributed by atoms with van der Waals surface area (Å²) in [6.45, 7) is 7.17. The van der Waals surface area contributed by atoms with Crippen molar-refractivity contribution in [2.75, 3.05) is 18.9 Å². The fourth-order valence-corrected chi connectivity index (χ4v) is 1.65. The highest BCUT2D eigenvalue weighted by atomic mass is 16.5. The van der Waals surface area contributed by atoms with E-state index >= 15 is 0 Å². The van der Waals surface area contributed by atoms with Crippen LogP contribution in [0.1, 0.15) is 26.3 Å². The molecule has 0 saturated carbocycles. The first-order valence-corrected chi connectivity index (χ1v) is 6.26. The number of hydrogen-bond donors (Lipinski definition) is 1. The Kier molecular flexibility index (Phi) is 5.65. The molecule has 0 bridgehead atoms. The minimum Gasteiger partial charge on any atom is -0.399 e. The molecule has 0 atom stereocenters. The molecule has 1 aromatic rings. The van der Waals surface area contributed by atoms with Crippen LogP contribution in [0.15, 0.2) is 24.3 Å². The second kappa shape index (κ2) is 7.01. The minimum atomic E-state index is 0.0173. The molecule has 0 aliphatic rings. The highest BCUT2D eigenvalue weighted by molar-refractivity contribution is 5.77. The minimum absolute atomic E-state index is 0.0173. The molecule has 0 aliphatic carbocycles. The average molecular weight is 250 g/mol. The van der Waals surface area contributed by atoms with Crippen molar-refractivity contribution in [2.24, 2.45) is 0 Å². The van der Waals surface area contributed by atoms with Gasteiger partial charge in [-0.25, -0.2) is 0 Å². The topological polar surface area (TPSA) is 55.6 Å². The van der Waals surface area contributed by atoms with Gasteiger partial charge in [0.2, 0.25) is 5.91 Å². The van der Waals surface area contributed by atoms with E-state index in [4.69, 9.17) is 10.5 Å². The molecule has 1 amide bonds. The van der Waals surface area contributed by atoms with E-state index in [-0.39, 0.29) is 18.6 Å². The first kappa shape index (κ1) is 14.5. The zero-order valence-electron chi connectivity index (χ0n) is 11.3. The van der Waals surface area contributed by atoms with Gasteiger partial charge < -0.3 is 15.4 Å². The molecule has 2 N–H and O–H groups in total. The van der Waals surface area contributed by atoms with E-state index in [0.717, 1.165) is 11.3 Å². The van der Waals surface area contributed by atoms with Gasteiger partial charge in [0.1, 0.15) is 6.61 Å². The first-order chi connectivity index (χ1) is 8.54. The van der Waals surface area contributed by atoms with Crippen LogP contribution in [0, 0.1) is 0 Å². The highest BCUT2D eigenvalue weighted by Gasteiger charge is 2.17. The molecule has 4 heteroatoms. The van der Waals surface area contributed by atoms with Gasteiger partial charge in [0.25, 0.3) is 0 Å². The first-order valence-electron chi connectivity index (χ1n) is 6.26. The van der Waals surface area contributed by atoms with Gasteiger partial charge in [-0.15, -0.1) is 0 Å². The van der Waals surface area contributed by atoms with Crippen LogP contribution in [0.25, 0.3) is 0 Å². The molecule has 0 aliphatic heterocycles. The SMILES string of the molecule is CCOCC(=O)N(Cc1ccc(N)cc1)C(C)C. The second-order valence-corrected chi connectivity index (χ2v) is 4.49. The van der Waals surface area contributed by atoms with Crippen LogP contribution in [0.3, 0.4) is 0 Å². The predicted molar refractivity (Wildman–Crippen MR) is 73.0 cm³/mol. The Labute approximate surface area is 109 Å². The third kappa shape index (κ3) is 4.37. The Morgan fingerprint density at radius 1 is 1.33 bits per heavy atom. The monoisotopic (exact) mass is 250 g/mol. The largest absolute Gasteiger partial charge is 0.399 e. The Hall–Kier alpha value is -1.55. The van der Waals surface area contributed by atoms with Gasteiger partial charge in [-0.3, -0.25) is 4.79 Å². The molecule has 0 radical (unpaired) electrons. The van der Waals surface area contributed by atoms with Crippen molar-refractivity contribution in [3.8, 4) is 0 Å². The van der Waals surface area contributed by atoms with Crippen LogP contribution in [-0.2, 0) is 16.1 Å². The van der Waals surface area contributed by atoms with Crippen molar-refractivity contribution >= 4 is 11.6 Å². The van der Waals surface area contributed by atoms with Crippen molar-refractivity contribution in [1.29, 1.82) is 0 Å². The molecule has 0 fully saturated rings. The van der Waals surface area contributed by atoms with Crippen molar-refractivity contribution in [3.05, 3.63) is 29.8 Å². The molecule has 1 aromatic carbocycles. The van der Waals surface area contributed by atoms with Gasteiger partial charge in [-0.2, -0.15) is 0 Å². The summed E-state index contributed by atoms with van der Waals surface area (Å²) in [6.07, 6.45) is 0. The molecule has 0 heterocycles. The lowest BCUT2D eigenvalue weighted by atomic mass is 10.1. The number of rotatable bonds is 6. The quantitative estimate of drug-likeness (QED) is 0.786. The van der Waals surface area contributed by atoms with E-state index < -0.39 is 0 Å². The van der Waals surface area contributed by atoms with Gasteiger partial charge in [0.05, 0.1) is 0 Å². The number of anilines is 1. The van der Waals surface area contributed by atoms with Crippen LogP contribution in [0.5, 0.6) is 0 Å². The zero-order valence-corrected chi connectivity index (χ0v) is 11.3. The number of nitrogen functional groups attached to an aromatic ring is 1. The summed E-state index contributed by atoms with van der Waals surface area (Å²) >= 11 is 0. The van der Waals surface area contributed by atoms with Crippen molar-refractivity contribution in [3.63, 3.8) is 0 Å². The Morgan fingerprint density at radius 3 is 2.44 bits per heavy atom. The van der Waals surface area contributed by atoms with E-state index in [1.165, 1.54) is 0 Å². The summed E-state index contributed by atoms with van der Waals surface area (Å²) in [5, 5.41) is 0. The summed E-state index contributed by atoms with van der Waals surface area (Å²) < 4.78 is 5.17. The number of carbonyl (C=O) groups is 1. The average Bonchev–Trinajstić information content (AvgIpc) is 2.34. The van der Waals surface area contributed by atoms with Gasteiger partial charge in [-0.1, -0.05) is 12.1 Å². The van der Waals surface area contributed by atoms with Gasteiger partial charge >= 0.3 is 0 Å². The number of amides is 1. The summed E-state index contributed by atoms with van der Waals surface area (Å²) in [4.78, 5) is 13.8. The van der Waals surface area contributed by atoms with Crippen LogP contribution in [-0.4, -0.2) is 30.1 Å². The van der Waals surface area contributed by atoms with E-state index in [1.54, 1.807) is 4.90 Å². The van der Waals surface area contributed by atoms with Crippen LogP contribution >= 0.6 is 0 Å². The normalized spacial score (nSPS) is 10.7. The third-order valence-corrected chi connectivity index (χ3v) is 2.71. The lowest BCUT2D eigenvalue weighted by Gasteiger charge is -2.26. The molecule has 0 saturated heterocycles. The summed E-state index contributed by atoms with van der Waals surface area (Å²) in [7, 11) is 0. The van der Waals surface area contributed by atoms with Crippen LogP contribution < -0.4 is 5.73 Å². The molecule has 1 rings (SSSR count). The third-order valence-electron chi connectivity index (χ3n) is 2.71. The number of hydrogen-bond acceptors (Lipinski definition) is 3. The number of carbonyl (C=O) groups excluding carboxylic acids is 1. The smallest absolute Gasteiger partial charge is 0.249 e. The lowest BCUT2D eigenvalue weighted by molar-refractivity contribution is -0.138. The number of nitrogens with two attached hydrogens (primary N) is 1. The fourth-order valence-electron chi connectivity index (χ4n) is 1.65. The van der Waals surface area contributed by atoms with Gasteiger partial charge in [0.15, 0.2) is 0 Å². The fraction of sp³-hybridized carbons (Fsp3) is 0.500. The van der Waals surface area contributed by atoms with Crippen molar-refractivity contribution in [1.82, 2.24) is 4.90 Å². The summed E-state index contributed by atoms with van der Waals surface area (Å²) in [6, 6.07) is 7.73. The molecule has 0 spiro atoms. The maximum absolute atomic E-state index is 12.0. The van der Waals surface area contributed by atoms with Crippen LogP contribution in [0.2, 0.25) is 0 Å². The maximum atomic E-state index is 12.0. The summed E-state index contributed by atoms with van der Waals surface area (Å²) in [5.74, 6) is 0.0173. The standard InChI is InChI=1S/C14H22N2O2/c1-4-18-10-14(17)16(11(2)3)9-12-5-7-13(15)8-6-12/h5-8,11H,4,9-10,15H2,1-3H3. The molecule has 0 aromatic heterocycles. The Balaban J connectivity index is 2.68. The second-order valence-electron chi connectivity index (χ2n) is 4.49. The van der Waals surface area contributed by atoms with E-state index in [9.17, 15) is 4.79 Å². The predicted octanol–water partition coefficient (Wildman–Crippen LogP) is 2.04. The van der Waals surface area contributed by atoms with Gasteiger partial charge in [-0.05, 0) is 38.5 Å². The van der Waals surface area contributed by atoms with Crippen molar-refractivity contribution in [2.45, 2.75) is 33.4 Å². The zero-order chi connectivity index (χ0) is 13.5. The molecule has 0 unspecified atom stereocenters. The lowest BCUT2D eigenvalue weighted by Crippen LogP contribution is -2.38.